The molecule has 4 heteroatoms. The summed E-state index contributed by atoms with van der Waals surface area (Å²) in [5.41, 5.74) is 5.58. The Labute approximate surface area is 148 Å². The van der Waals surface area contributed by atoms with Gasteiger partial charge in [-0.2, -0.15) is 5.10 Å². The Balaban J connectivity index is 1.57. The molecule has 0 radical (unpaired) electrons. The van der Waals surface area contributed by atoms with Crippen molar-refractivity contribution in [3.63, 3.8) is 0 Å². The van der Waals surface area contributed by atoms with Crippen LogP contribution in [-0.2, 0) is 6.54 Å². The number of aromatic nitrogens is 2. The standard InChI is InChI=1S/C21H24N2O2/c1-15-16(2)22-23(17(15)3)13-20(24)14-25-21-11-9-19(10-12-21)18-7-5-4-6-8-18/h4-12,20,24H,13-14H2,1-3H3. The quantitative estimate of drug-likeness (QED) is 0.742. The minimum Gasteiger partial charge on any atom is -0.491 e. The van der Waals surface area contributed by atoms with Crippen LogP contribution in [-0.4, -0.2) is 27.6 Å². The Morgan fingerprint density at radius 3 is 2.20 bits per heavy atom. The summed E-state index contributed by atoms with van der Waals surface area (Å²) in [5, 5.41) is 14.7. The molecule has 130 valence electrons. The Morgan fingerprint density at radius 2 is 1.60 bits per heavy atom. The molecule has 0 aliphatic carbocycles. The average Bonchev–Trinajstić information content (AvgIpc) is 2.88. The number of hydrogen-bond acceptors (Lipinski definition) is 3. The van der Waals surface area contributed by atoms with E-state index in [1.165, 1.54) is 11.1 Å². The Kier molecular flexibility index (Phi) is 5.19. The second-order valence-electron chi connectivity index (χ2n) is 6.33. The fraction of sp³-hybridized carbons (Fsp3) is 0.286. The van der Waals surface area contributed by atoms with E-state index in [4.69, 9.17) is 4.74 Å². The highest BCUT2D eigenvalue weighted by atomic mass is 16.5. The summed E-state index contributed by atoms with van der Waals surface area (Å²) in [7, 11) is 0. The number of aliphatic hydroxyl groups is 1. The molecular formula is C21H24N2O2. The van der Waals surface area contributed by atoms with Crippen molar-refractivity contribution in [2.75, 3.05) is 6.61 Å². The lowest BCUT2D eigenvalue weighted by Gasteiger charge is -2.14. The van der Waals surface area contributed by atoms with Crippen LogP contribution < -0.4 is 4.74 Å². The second-order valence-corrected chi connectivity index (χ2v) is 6.33. The van der Waals surface area contributed by atoms with E-state index in [2.05, 4.69) is 17.2 Å². The van der Waals surface area contributed by atoms with Gasteiger partial charge in [0.15, 0.2) is 0 Å². The van der Waals surface area contributed by atoms with Gasteiger partial charge >= 0.3 is 0 Å². The first-order valence-corrected chi connectivity index (χ1v) is 8.51. The van der Waals surface area contributed by atoms with Gasteiger partial charge in [0.25, 0.3) is 0 Å². The van der Waals surface area contributed by atoms with Crippen molar-refractivity contribution < 1.29 is 9.84 Å². The Morgan fingerprint density at radius 1 is 0.960 bits per heavy atom. The van der Waals surface area contributed by atoms with Gasteiger partial charge in [-0.3, -0.25) is 4.68 Å². The molecule has 0 saturated heterocycles. The molecule has 0 spiro atoms. The summed E-state index contributed by atoms with van der Waals surface area (Å²) in [4.78, 5) is 0. The van der Waals surface area contributed by atoms with Gasteiger partial charge in [-0.25, -0.2) is 0 Å². The molecule has 0 saturated carbocycles. The minimum absolute atomic E-state index is 0.238. The lowest BCUT2D eigenvalue weighted by atomic mass is 10.1. The van der Waals surface area contributed by atoms with Crippen molar-refractivity contribution in [2.24, 2.45) is 0 Å². The van der Waals surface area contributed by atoms with E-state index >= 15 is 0 Å². The smallest absolute Gasteiger partial charge is 0.119 e. The van der Waals surface area contributed by atoms with E-state index < -0.39 is 6.10 Å². The summed E-state index contributed by atoms with van der Waals surface area (Å²) in [6.45, 7) is 6.72. The molecule has 0 fully saturated rings. The lowest BCUT2D eigenvalue weighted by Crippen LogP contribution is -2.24. The summed E-state index contributed by atoms with van der Waals surface area (Å²) in [6, 6.07) is 18.1. The summed E-state index contributed by atoms with van der Waals surface area (Å²) < 4.78 is 7.56. The molecular weight excluding hydrogens is 312 g/mol. The number of aryl methyl sites for hydroxylation is 1. The molecule has 3 aromatic rings. The number of nitrogens with zero attached hydrogens (tertiary/aromatic N) is 2. The number of aliphatic hydroxyl groups excluding tert-OH is 1. The van der Waals surface area contributed by atoms with E-state index in [1.807, 2.05) is 67.9 Å². The van der Waals surface area contributed by atoms with Crippen LogP contribution >= 0.6 is 0 Å². The van der Waals surface area contributed by atoms with E-state index in [0.29, 0.717) is 6.54 Å². The molecule has 1 aromatic heterocycles. The molecule has 3 rings (SSSR count). The predicted octanol–water partition coefficient (Wildman–Crippen LogP) is 3.92. The van der Waals surface area contributed by atoms with Gasteiger partial charge in [0, 0.05) is 5.69 Å². The molecule has 0 amide bonds. The first-order chi connectivity index (χ1) is 12.0. The van der Waals surface area contributed by atoms with Crippen molar-refractivity contribution >= 4 is 0 Å². The SMILES string of the molecule is Cc1nn(CC(O)COc2ccc(-c3ccccc3)cc2)c(C)c1C. The summed E-state index contributed by atoms with van der Waals surface area (Å²) >= 11 is 0. The fourth-order valence-electron chi connectivity index (χ4n) is 2.78. The molecule has 0 aliphatic rings. The van der Waals surface area contributed by atoms with Crippen molar-refractivity contribution in [2.45, 2.75) is 33.4 Å². The highest BCUT2D eigenvalue weighted by Gasteiger charge is 2.12. The maximum atomic E-state index is 10.2. The van der Waals surface area contributed by atoms with Gasteiger partial charge < -0.3 is 9.84 Å². The van der Waals surface area contributed by atoms with Crippen LogP contribution in [0.4, 0.5) is 0 Å². The van der Waals surface area contributed by atoms with E-state index in [-0.39, 0.29) is 6.61 Å². The largest absolute Gasteiger partial charge is 0.491 e. The van der Waals surface area contributed by atoms with Crippen LogP contribution in [0.5, 0.6) is 5.75 Å². The van der Waals surface area contributed by atoms with Crippen LogP contribution in [0.3, 0.4) is 0 Å². The first-order valence-electron chi connectivity index (χ1n) is 8.51. The fourth-order valence-corrected chi connectivity index (χ4v) is 2.78. The van der Waals surface area contributed by atoms with Crippen LogP contribution in [0.1, 0.15) is 17.0 Å². The summed E-state index contributed by atoms with van der Waals surface area (Å²) in [5.74, 6) is 0.753. The van der Waals surface area contributed by atoms with E-state index in [1.54, 1.807) is 0 Å². The Hall–Kier alpha value is -2.59. The third-order valence-corrected chi connectivity index (χ3v) is 4.53. The van der Waals surface area contributed by atoms with Gasteiger partial charge in [0.05, 0.1) is 12.2 Å². The van der Waals surface area contributed by atoms with Crippen LogP contribution in [0.15, 0.2) is 54.6 Å². The third kappa shape index (κ3) is 4.09. The monoisotopic (exact) mass is 336 g/mol. The van der Waals surface area contributed by atoms with Gasteiger partial charge in [-0.15, -0.1) is 0 Å². The summed E-state index contributed by atoms with van der Waals surface area (Å²) in [6.07, 6.45) is -0.605. The van der Waals surface area contributed by atoms with Gasteiger partial charge in [0.1, 0.15) is 18.5 Å². The van der Waals surface area contributed by atoms with Crippen molar-refractivity contribution in [1.29, 1.82) is 0 Å². The zero-order chi connectivity index (χ0) is 17.8. The number of benzene rings is 2. The van der Waals surface area contributed by atoms with Crippen LogP contribution in [0.25, 0.3) is 11.1 Å². The van der Waals surface area contributed by atoms with Crippen molar-refractivity contribution in [3.05, 3.63) is 71.5 Å². The number of rotatable bonds is 6. The third-order valence-electron chi connectivity index (χ3n) is 4.53. The molecule has 1 N–H and O–H groups in total. The first kappa shape index (κ1) is 17.2. The highest BCUT2D eigenvalue weighted by Crippen LogP contribution is 2.22. The lowest BCUT2D eigenvalue weighted by molar-refractivity contribution is 0.0887. The van der Waals surface area contributed by atoms with Crippen LogP contribution in [0, 0.1) is 20.8 Å². The van der Waals surface area contributed by atoms with Crippen molar-refractivity contribution in [1.82, 2.24) is 9.78 Å². The highest BCUT2D eigenvalue weighted by molar-refractivity contribution is 5.63. The zero-order valence-corrected chi connectivity index (χ0v) is 14.9. The second kappa shape index (κ2) is 7.53. The van der Waals surface area contributed by atoms with Crippen molar-refractivity contribution in [3.8, 4) is 16.9 Å². The Bertz CT molecular complexity index is 823. The molecule has 1 unspecified atom stereocenters. The molecule has 1 atom stereocenters. The number of hydrogen-bond donors (Lipinski definition) is 1. The zero-order valence-electron chi connectivity index (χ0n) is 14.9. The van der Waals surface area contributed by atoms with E-state index in [9.17, 15) is 5.11 Å². The minimum atomic E-state index is -0.605. The average molecular weight is 336 g/mol. The topological polar surface area (TPSA) is 47.3 Å². The van der Waals surface area contributed by atoms with Gasteiger partial charge in [0.2, 0.25) is 0 Å². The molecule has 0 aliphatic heterocycles. The van der Waals surface area contributed by atoms with Gasteiger partial charge in [-0.1, -0.05) is 42.5 Å². The molecule has 1 heterocycles. The normalized spacial score (nSPS) is 12.2. The molecule has 2 aromatic carbocycles. The predicted molar refractivity (Wildman–Crippen MR) is 99.8 cm³/mol. The maximum Gasteiger partial charge on any atom is 0.119 e. The molecule has 25 heavy (non-hydrogen) atoms. The number of ether oxygens (including phenoxy) is 1. The maximum absolute atomic E-state index is 10.2. The molecule has 4 nitrogen and oxygen atoms in total. The molecule has 0 bridgehead atoms. The van der Waals surface area contributed by atoms with Gasteiger partial charge in [-0.05, 0) is 49.6 Å². The van der Waals surface area contributed by atoms with Crippen LogP contribution in [0.2, 0.25) is 0 Å². The van der Waals surface area contributed by atoms with E-state index in [0.717, 1.165) is 22.7 Å².